The van der Waals surface area contributed by atoms with Crippen LogP contribution in [0.25, 0.3) is 0 Å². The Morgan fingerprint density at radius 3 is 2.70 bits per heavy atom. The molecular weight excluding hydrogens is 350 g/mol. The zero-order valence-electron chi connectivity index (χ0n) is 15.4. The van der Waals surface area contributed by atoms with Gasteiger partial charge in [0.1, 0.15) is 0 Å². The molecule has 144 valence electrons. The number of carboxylic acids is 1. The van der Waals surface area contributed by atoms with E-state index in [0.29, 0.717) is 22.6 Å². The van der Waals surface area contributed by atoms with Crippen molar-refractivity contribution in [1.29, 1.82) is 0 Å². The molecule has 1 aromatic carbocycles. The van der Waals surface area contributed by atoms with Crippen molar-refractivity contribution in [2.75, 3.05) is 7.11 Å². The summed E-state index contributed by atoms with van der Waals surface area (Å²) < 4.78 is 12.6. The van der Waals surface area contributed by atoms with Gasteiger partial charge in [-0.05, 0) is 43.9 Å². The molecule has 1 fully saturated rings. The first kappa shape index (κ1) is 18.8. The van der Waals surface area contributed by atoms with Crippen molar-refractivity contribution in [3.8, 4) is 11.5 Å². The van der Waals surface area contributed by atoms with Crippen LogP contribution in [0.1, 0.15) is 52.1 Å². The van der Waals surface area contributed by atoms with Gasteiger partial charge >= 0.3 is 5.97 Å². The highest BCUT2D eigenvalue weighted by atomic mass is 16.5. The van der Waals surface area contributed by atoms with Crippen LogP contribution in [0.5, 0.6) is 11.5 Å². The predicted octanol–water partition coefficient (Wildman–Crippen LogP) is 2.38. The van der Waals surface area contributed by atoms with E-state index in [1.807, 2.05) is 0 Å². The third kappa shape index (κ3) is 4.21. The van der Waals surface area contributed by atoms with Crippen LogP contribution in [0.4, 0.5) is 0 Å². The Bertz CT molecular complexity index is 840. The maximum absolute atomic E-state index is 12.4. The number of nitrogens with zero attached hydrogens (tertiary/aromatic N) is 2. The Morgan fingerprint density at radius 1 is 1.30 bits per heavy atom. The predicted molar refractivity (Wildman–Crippen MR) is 97.2 cm³/mol. The Hall–Kier alpha value is -3.03. The van der Waals surface area contributed by atoms with Gasteiger partial charge in [0.05, 0.1) is 19.4 Å². The highest BCUT2D eigenvalue weighted by molar-refractivity contribution is 5.95. The van der Waals surface area contributed by atoms with Crippen molar-refractivity contribution in [2.45, 2.75) is 38.3 Å². The van der Waals surface area contributed by atoms with Gasteiger partial charge < -0.3 is 19.9 Å². The number of benzene rings is 1. The smallest absolute Gasteiger partial charge is 0.354 e. The molecule has 1 heterocycles. The fraction of sp³-hybridized carbons (Fsp3) is 0.421. The number of aryl methyl sites for hydroxylation is 1. The van der Waals surface area contributed by atoms with E-state index in [1.165, 1.54) is 30.8 Å². The lowest BCUT2D eigenvalue weighted by Crippen LogP contribution is -2.24. The van der Waals surface area contributed by atoms with Gasteiger partial charge in [0.2, 0.25) is 0 Å². The molecule has 3 rings (SSSR count). The van der Waals surface area contributed by atoms with Crippen molar-refractivity contribution in [3.05, 3.63) is 41.2 Å². The molecule has 27 heavy (non-hydrogen) atoms. The van der Waals surface area contributed by atoms with Crippen LogP contribution in [-0.2, 0) is 13.6 Å². The van der Waals surface area contributed by atoms with Gasteiger partial charge in [-0.1, -0.05) is 0 Å². The summed E-state index contributed by atoms with van der Waals surface area (Å²) in [4.78, 5) is 23.7. The van der Waals surface area contributed by atoms with Crippen LogP contribution in [0.15, 0.2) is 24.4 Å². The number of nitrogens with one attached hydrogen (secondary N) is 1. The number of methoxy groups -OCH3 is 1. The third-order valence-corrected chi connectivity index (χ3v) is 4.68. The highest BCUT2D eigenvalue weighted by Crippen LogP contribution is 2.32. The maximum Gasteiger partial charge on any atom is 0.354 e. The number of carboxylic acid groups (broad SMARTS) is 1. The molecule has 1 aliphatic carbocycles. The number of hydrogen-bond donors (Lipinski definition) is 2. The Balaban J connectivity index is 1.68. The van der Waals surface area contributed by atoms with E-state index in [1.54, 1.807) is 25.2 Å². The average molecular weight is 373 g/mol. The Labute approximate surface area is 157 Å². The minimum atomic E-state index is -1.09. The standard InChI is InChI=1S/C19H23N3O5/c1-22-17(19(24)25)13(11-21-22)10-20-18(23)12-7-8-15(16(9-12)26-2)27-14-5-3-4-6-14/h7-9,11,14H,3-6,10H2,1-2H3,(H,20,23)(H,24,25). The van der Waals surface area contributed by atoms with Gasteiger partial charge in [0.15, 0.2) is 17.2 Å². The molecule has 1 amide bonds. The van der Waals surface area contributed by atoms with Crippen LogP contribution in [-0.4, -0.2) is 40.0 Å². The maximum atomic E-state index is 12.4. The number of carbonyl (C=O) groups is 2. The number of ether oxygens (including phenoxy) is 2. The fourth-order valence-corrected chi connectivity index (χ4v) is 3.26. The summed E-state index contributed by atoms with van der Waals surface area (Å²) in [5, 5.41) is 15.9. The summed E-state index contributed by atoms with van der Waals surface area (Å²) in [6.45, 7) is 0.0664. The van der Waals surface area contributed by atoms with Gasteiger partial charge in [-0.25, -0.2) is 4.79 Å². The van der Waals surface area contributed by atoms with Crippen molar-refractivity contribution in [3.63, 3.8) is 0 Å². The Kier molecular flexibility index (Phi) is 5.63. The summed E-state index contributed by atoms with van der Waals surface area (Å²) in [6.07, 6.45) is 6.02. The number of aromatic carboxylic acids is 1. The van der Waals surface area contributed by atoms with E-state index in [4.69, 9.17) is 9.47 Å². The van der Waals surface area contributed by atoms with E-state index in [2.05, 4.69) is 10.4 Å². The quantitative estimate of drug-likeness (QED) is 0.772. The van der Waals surface area contributed by atoms with E-state index in [0.717, 1.165) is 12.8 Å². The molecule has 1 saturated carbocycles. The molecule has 0 atom stereocenters. The highest BCUT2D eigenvalue weighted by Gasteiger charge is 2.20. The third-order valence-electron chi connectivity index (χ3n) is 4.68. The lowest BCUT2D eigenvalue weighted by Gasteiger charge is -2.16. The summed E-state index contributed by atoms with van der Waals surface area (Å²) in [7, 11) is 3.08. The SMILES string of the molecule is COc1cc(C(=O)NCc2cnn(C)c2C(=O)O)ccc1OC1CCCC1. The molecule has 0 unspecified atom stereocenters. The van der Waals surface area contributed by atoms with Crippen LogP contribution in [0, 0.1) is 0 Å². The second-order valence-corrected chi connectivity index (χ2v) is 6.52. The van der Waals surface area contributed by atoms with Gasteiger partial charge in [-0.15, -0.1) is 0 Å². The number of hydrogen-bond acceptors (Lipinski definition) is 5. The molecule has 1 aromatic heterocycles. The summed E-state index contributed by atoms with van der Waals surface area (Å²) in [5.74, 6) is -0.293. The average Bonchev–Trinajstić information content (AvgIpc) is 3.29. The van der Waals surface area contributed by atoms with Crippen LogP contribution in [0.3, 0.4) is 0 Å². The topological polar surface area (TPSA) is 103 Å². The number of carbonyl (C=O) groups excluding carboxylic acids is 1. The Morgan fingerprint density at radius 2 is 2.04 bits per heavy atom. The molecule has 0 spiro atoms. The normalized spacial score (nSPS) is 14.1. The summed E-state index contributed by atoms with van der Waals surface area (Å²) in [6, 6.07) is 5.03. The molecule has 0 saturated heterocycles. The molecule has 8 heteroatoms. The zero-order valence-corrected chi connectivity index (χ0v) is 15.4. The summed E-state index contributed by atoms with van der Waals surface area (Å²) >= 11 is 0. The van der Waals surface area contributed by atoms with Crippen LogP contribution < -0.4 is 14.8 Å². The molecule has 2 aromatic rings. The minimum absolute atomic E-state index is 0.0493. The zero-order chi connectivity index (χ0) is 19.4. The van der Waals surface area contributed by atoms with Gasteiger partial charge in [0, 0.05) is 24.7 Å². The largest absolute Gasteiger partial charge is 0.493 e. The minimum Gasteiger partial charge on any atom is -0.493 e. The second-order valence-electron chi connectivity index (χ2n) is 6.52. The fourth-order valence-electron chi connectivity index (χ4n) is 3.26. The van der Waals surface area contributed by atoms with Gasteiger partial charge in [0.25, 0.3) is 5.91 Å². The van der Waals surface area contributed by atoms with Crippen molar-refractivity contribution >= 4 is 11.9 Å². The van der Waals surface area contributed by atoms with E-state index >= 15 is 0 Å². The van der Waals surface area contributed by atoms with Gasteiger partial charge in [-0.3, -0.25) is 9.48 Å². The summed E-state index contributed by atoms with van der Waals surface area (Å²) in [5.41, 5.74) is 0.895. The molecule has 0 bridgehead atoms. The molecule has 8 nitrogen and oxygen atoms in total. The van der Waals surface area contributed by atoms with Crippen LogP contribution in [0.2, 0.25) is 0 Å². The molecule has 0 radical (unpaired) electrons. The second kappa shape index (κ2) is 8.11. The first-order valence-electron chi connectivity index (χ1n) is 8.86. The number of aromatic nitrogens is 2. The first-order chi connectivity index (χ1) is 13.0. The van der Waals surface area contributed by atoms with Crippen LogP contribution >= 0.6 is 0 Å². The number of rotatable bonds is 7. The van der Waals surface area contributed by atoms with Crippen molar-refractivity contribution in [2.24, 2.45) is 7.05 Å². The van der Waals surface area contributed by atoms with Crippen molar-refractivity contribution < 1.29 is 24.2 Å². The number of amides is 1. The van der Waals surface area contributed by atoms with E-state index < -0.39 is 5.97 Å². The van der Waals surface area contributed by atoms with Crippen molar-refractivity contribution in [1.82, 2.24) is 15.1 Å². The van der Waals surface area contributed by atoms with E-state index in [-0.39, 0.29) is 24.2 Å². The lowest BCUT2D eigenvalue weighted by atomic mass is 10.1. The molecular formula is C19H23N3O5. The first-order valence-corrected chi connectivity index (χ1v) is 8.86. The van der Waals surface area contributed by atoms with Gasteiger partial charge in [-0.2, -0.15) is 5.10 Å². The molecule has 1 aliphatic rings. The molecule has 2 N–H and O–H groups in total. The lowest BCUT2D eigenvalue weighted by molar-refractivity contribution is 0.0682. The molecule has 0 aliphatic heterocycles. The monoisotopic (exact) mass is 373 g/mol. The van der Waals surface area contributed by atoms with E-state index in [9.17, 15) is 14.7 Å².